The summed E-state index contributed by atoms with van der Waals surface area (Å²) in [6, 6.07) is 6.07. The van der Waals surface area contributed by atoms with E-state index in [2.05, 4.69) is 30.3 Å². The fourth-order valence-electron chi connectivity index (χ4n) is 3.29. The summed E-state index contributed by atoms with van der Waals surface area (Å²) in [6.45, 7) is 7.08. The van der Waals surface area contributed by atoms with Gasteiger partial charge in [0.2, 0.25) is 0 Å². The van der Waals surface area contributed by atoms with Crippen molar-refractivity contribution >= 4 is 0 Å². The minimum Gasteiger partial charge on any atom is -0.317 e. The summed E-state index contributed by atoms with van der Waals surface area (Å²) >= 11 is 0. The Labute approximate surface area is 122 Å². The van der Waals surface area contributed by atoms with Gasteiger partial charge in [-0.15, -0.1) is 0 Å². The lowest BCUT2D eigenvalue weighted by Crippen LogP contribution is -2.35. The van der Waals surface area contributed by atoms with Crippen LogP contribution in [0.3, 0.4) is 0 Å². The van der Waals surface area contributed by atoms with Crippen LogP contribution in [0, 0.1) is 18.7 Å². The van der Waals surface area contributed by atoms with E-state index < -0.39 is 0 Å². The number of halogens is 1. The van der Waals surface area contributed by atoms with Crippen LogP contribution in [0.1, 0.15) is 43.4 Å². The first kappa shape index (κ1) is 15.5. The second kappa shape index (κ2) is 7.19. The molecule has 3 heteroatoms. The predicted molar refractivity (Wildman–Crippen MR) is 82.4 cm³/mol. The van der Waals surface area contributed by atoms with Gasteiger partial charge in [-0.1, -0.05) is 25.5 Å². The second-order valence-corrected chi connectivity index (χ2v) is 6.00. The highest BCUT2D eigenvalue weighted by atomic mass is 19.1. The summed E-state index contributed by atoms with van der Waals surface area (Å²) in [6.07, 6.45) is 3.73. The highest BCUT2D eigenvalue weighted by Crippen LogP contribution is 2.34. The molecule has 0 radical (unpaired) electrons. The standard InChI is InChI=1S/C17H27FN2/c1-4-19-12-15-7-5-6-10-20(3)17(15)14-9-8-13(2)16(18)11-14/h8-9,11,15,17,19H,4-7,10,12H2,1-3H3. The molecule has 2 unspecified atom stereocenters. The Morgan fingerprint density at radius 1 is 1.35 bits per heavy atom. The zero-order valence-electron chi connectivity index (χ0n) is 13.0. The molecule has 0 aliphatic carbocycles. The van der Waals surface area contributed by atoms with Gasteiger partial charge in [0.1, 0.15) is 5.82 Å². The van der Waals surface area contributed by atoms with Crippen molar-refractivity contribution < 1.29 is 4.39 Å². The molecule has 1 heterocycles. The third-order valence-corrected chi connectivity index (χ3v) is 4.45. The lowest BCUT2D eigenvalue weighted by Gasteiger charge is -2.33. The van der Waals surface area contributed by atoms with Gasteiger partial charge in [0.05, 0.1) is 0 Å². The summed E-state index contributed by atoms with van der Waals surface area (Å²) in [4.78, 5) is 2.40. The summed E-state index contributed by atoms with van der Waals surface area (Å²) < 4.78 is 13.9. The van der Waals surface area contributed by atoms with E-state index in [0.29, 0.717) is 12.0 Å². The van der Waals surface area contributed by atoms with Gasteiger partial charge in [-0.2, -0.15) is 0 Å². The number of nitrogens with zero attached hydrogens (tertiary/aromatic N) is 1. The number of likely N-dealkylation sites (tertiary alicyclic amines) is 1. The zero-order chi connectivity index (χ0) is 14.5. The molecule has 112 valence electrons. The zero-order valence-corrected chi connectivity index (χ0v) is 13.0. The van der Waals surface area contributed by atoms with Crippen LogP contribution in [0.4, 0.5) is 4.39 Å². The van der Waals surface area contributed by atoms with E-state index in [1.54, 1.807) is 6.07 Å². The van der Waals surface area contributed by atoms with Gasteiger partial charge < -0.3 is 5.32 Å². The highest BCUT2D eigenvalue weighted by molar-refractivity contribution is 5.26. The molecule has 1 fully saturated rings. The highest BCUT2D eigenvalue weighted by Gasteiger charge is 2.29. The first-order valence-electron chi connectivity index (χ1n) is 7.80. The third-order valence-electron chi connectivity index (χ3n) is 4.45. The minimum atomic E-state index is -0.0812. The van der Waals surface area contributed by atoms with E-state index in [1.165, 1.54) is 19.3 Å². The number of nitrogens with one attached hydrogen (secondary N) is 1. The molecule has 0 amide bonds. The fourth-order valence-corrected chi connectivity index (χ4v) is 3.29. The molecule has 20 heavy (non-hydrogen) atoms. The number of benzene rings is 1. The van der Waals surface area contributed by atoms with Crippen LogP contribution in [-0.2, 0) is 0 Å². The van der Waals surface area contributed by atoms with E-state index >= 15 is 0 Å². The fraction of sp³-hybridized carbons (Fsp3) is 0.647. The monoisotopic (exact) mass is 278 g/mol. The molecule has 2 atom stereocenters. The van der Waals surface area contributed by atoms with Gasteiger partial charge in [-0.3, -0.25) is 4.90 Å². The Balaban J connectivity index is 2.26. The Morgan fingerprint density at radius 2 is 2.15 bits per heavy atom. The summed E-state index contributed by atoms with van der Waals surface area (Å²) in [5.41, 5.74) is 1.86. The van der Waals surface area contributed by atoms with Crippen LogP contribution in [0.2, 0.25) is 0 Å². The SMILES string of the molecule is CCNCC1CCCCN(C)C1c1ccc(C)c(F)c1. The quantitative estimate of drug-likeness (QED) is 0.906. The van der Waals surface area contributed by atoms with Crippen molar-refractivity contribution in [2.75, 3.05) is 26.7 Å². The first-order chi connectivity index (χ1) is 9.63. The molecule has 2 rings (SSSR count). The topological polar surface area (TPSA) is 15.3 Å². The van der Waals surface area contributed by atoms with Crippen molar-refractivity contribution in [3.63, 3.8) is 0 Å². The lowest BCUT2D eigenvalue weighted by atomic mass is 9.88. The van der Waals surface area contributed by atoms with Crippen molar-refractivity contribution in [3.8, 4) is 0 Å². The first-order valence-corrected chi connectivity index (χ1v) is 7.80. The number of hydrogen-bond acceptors (Lipinski definition) is 2. The normalized spacial score (nSPS) is 24.6. The third kappa shape index (κ3) is 3.58. The van der Waals surface area contributed by atoms with E-state index in [-0.39, 0.29) is 5.82 Å². The number of hydrogen-bond donors (Lipinski definition) is 1. The van der Waals surface area contributed by atoms with Gasteiger partial charge in [0.25, 0.3) is 0 Å². The maximum absolute atomic E-state index is 13.9. The van der Waals surface area contributed by atoms with Crippen molar-refractivity contribution in [1.82, 2.24) is 10.2 Å². The molecule has 0 bridgehead atoms. The Bertz CT molecular complexity index is 433. The molecular weight excluding hydrogens is 251 g/mol. The summed E-state index contributed by atoms with van der Waals surface area (Å²) in [5.74, 6) is 0.479. The molecule has 0 saturated carbocycles. The van der Waals surface area contributed by atoms with Crippen LogP contribution < -0.4 is 5.32 Å². The van der Waals surface area contributed by atoms with Crippen molar-refractivity contribution in [1.29, 1.82) is 0 Å². The molecule has 1 saturated heterocycles. The molecule has 0 spiro atoms. The van der Waals surface area contributed by atoms with Gasteiger partial charge in [-0.25, -0.2) is 4.39 Å². The number of rotatable bonds is 4. The predicted octanol–water partition coefficient (Wildman–Crippen LogP) is 3.52. The molecule has 1 aromatic carbocycles. The molecule has 0 aromatic heterocycles. The van der Waals surface area contributed by atoms with Gasteiger partial charge in [-0.05, 0) is 69.6 Å². The van der Waals surface area contributed by atoms with E-state index in [4.69, 9.17) is 0 Å². The van der Waals surface area contributed by atoms with Crippen LogP contribution in [-0.4, -0.2) is 31.6 Å². The van der Waals surface area contributed by atoms with Crippen LogP contribution in [0.15, 0.2) is 18.2 Å². The molecule has 2 nitrogen and oxygen atoms in total. The summed E-state index contributed by atoms with van der Waals surface area (Å²) in [7, 11) is 2.17. The van der Waals surface area contributed by atoms with E-state index in [1.807, 2.05) is 13.0 Å². The average molecular weight is 278 g/mol. The van der Waals surface area contributed by atoms with Crippen molar-refractivity contribution in [2.45, 2.75) is 39.2 Å². The van der Waals surface area contributed by atoms with Gasteiger partial charge >= 0.3 is 0 Å². The Kier molecular flexibility index (Phi) is 5.55. The average Bonchev–Trinajstić information content (AvgIpc) is 2.61. The maximum atomic E-state index is 13.9. The van der Waals surface area contributed by atoms with Crippen LogP contribution in [0.5, 0.6) is 0 Å². The molecule has 1 aliphatic rings. The Hall–Kier alpha value is -0.930. The van der Waals surface area contributed by atoms with E-state index in [9.17, 15) is 4.39 Å². The second-order valence-electron chi connectivity index (χ2n) is 6.00. The van der Waals surface area contributed by atoms with Crippen molar-refractivity contribution in [3.05, 3.63) is 35.1 Å². The van der Waals surface area contributed by atoms with Gasteiger partial charge in [0.15, 0.2) is 0 Å². The molecular formula is C17H27FN2. The molecule has 1 aliphatic heterocycles. The number of aryl methyl sites for hydroxylation is 1. The van der Waals surface area contributed by atoms with Crippen LogP contribution in [0.25, 0.3) is 0 Å². The van der Waals surface area contributed by atoms with Crippen LogP contribution >= 0.6 is 0 Å². The largest absolute Gasteiger partial charge is 0.317 e. The lowest BCUT2D eigenvalue weighted by molar-refractivity contribution is 0.189. The van der Waals surface area contributed by atoms with Crippen molar-refractivity contribution in [2.24, 2.45) is 5.92 Å². The molecule has 1 aromatic rings. The maximum Gasteiger partial charge on any atom is 0.126 e. The van der Waals surface area contributed by atoms with E-state index in [0.717, 1.165) is 30.8 Å². The smallest absolute Gasteiger partial charge is 0.126 e. The minimum absolute atomic E-state index is 0.0812. The molecule has 1 N–H and O–H groups in total. The Morgan fingerprint density at radius 3 is 2.85 bits per heavy atom. The summed E-state index contributed by atoms with van der Waals surface area (Å²) in [5, 5.41) is 3.47. The van der Waals surface area contributed by atoms with Gasteiger partial charge in [0, 0.05) is 6.04 Å².